The van der Waals surface area contributed by atoms with E-state index in [1.807, 2.05) is 0 Å². The summed E-state index contributed by atoms with van der Waals surface area (Å²) in [7, 11) is 0. The Morgan fingerprint density at radius 2 is 1.90 bits per heavy atom. The van der Waals surface area contributed by atoms with Crippen molar-refractivity contribution in [1.82, 2.24) is 0 Å². The molecule has 0 aliphatic rings. The highest BCUT2D eigenvalue weighted by Crippen LogP contribution is 2.34. The van der Waals surface area contributed by atoms with Crippen LogP contribution in [0.1, 0.15) is 32.3 Å². The van der Waals surface area contributed by atoms with Crippen LogP contribution in [0.2, 0.25) is 0 Å². The highest BCUT2D eigenvalue weighted by atomic mass is 79.9. The number of anilines is 1. The van der Waals surface area contributed by atoms with E-state index in [0.29, 0.717) is 23.2 Å². The Balaban J connectivity index is 2.70. The van der Waals surface area contributed by atoms with Gasteiger partial charge in [-0.1, -0.05) is 13.8 Å². The van der Waals surface area contributed by atoms with E-state index >= 15 is 0 Å². The van der Waals surface area contributed by atoms with Gasteiger partial charge in [0.05, 0.1) is 5.56 Å². The molecule has 0 saturated heterocycles. The summed E-state index contributed by atoms with van der Waals surface area (Å²) in [6.45, 7) is 5.53. The molecule has 0 spiro atoms. The number of nitrogens with two attached hydrogens (primary N) is 1. The Hall–Kier alpha value is -0.750. The molecule has 0 aliphatic heterocycles. The molecule has 0 bridgehead atoms. The van der Waals surface area contributed by atoms with Gasteiger partial charge in [-0.3, -0.25) is 0 Å². The number of rotatable bonds is 6. The summed E-state index contributed by atoms with van der Waals surface area (Å²) in [5.41, 5.74) is 5.54. The molecule has 0 amide bonds. The average molecular weight is 353 g/mol. The number of halogens is 4. The molecular weight excluding hydrogens is 333 g/mol. The van der Waals surface area contributed by atoms with Crippen molar-refractivity contribution in [3.63, 3.8) is 0 Å². The Morgan fingerprint density at radius 1 is 1.25 bits per heavy atom. The van der Waals surface area contributed by atoms with Gasteiger partial charge in [-0.2, -0.15) is 13.2 Å². The summed E-state index contributed by atoms with van der Waals surface area (Å²) in [5, 5.41) is 3.19. The van der Waals surface area contributed by atoms with Crippen LogP contribution in [0.4, 0.5) is 18.9 Å². The zero-order chi connectivity index (χ0) is 15.4. The van der Waals surface area contributed by atoms with Gasteiger partial charge < -0.3 is 11.1 Å². The Labute approximate surface area is 126 Å². The van der Waals surface area contributed by atoms with Gasteiger partial charge in [0.2, 0.25) is 0 Å². The van der Waals surface area contributed by atoms with E-state index in [0.717, 1.165) is 25.0 Å². The monoisotopic (exact) mass is 352 g/mol. The number of nitrogens with one attached hydrogen (secondary N) is 1. The maximum absolute atomic E-state index is 12.6. The van der Waals surface area contributed by atoms with Crippen molar-refractivity contribution in [2.45, 2.75) is 32.9 Å². The quantitative estimate of drug-likeness (QED) is 0.782. The predicted molar refractivity (Wildman–Crippen MR) is 79.7 cm³/mol. The van der Waals surface area contributed by atoms with Crippen LogP contribution in [0.5, 0.6) is 0 Å². The maximum Gasteiger partial charge on any atom is 0.416 e. The number of hydrogen-bond donors (Lipinski definition) is 2. The van der Waals surface area contributed by atoms with Crippen molar-refractivity contribution < 1.29 is 13.2 Å². The standard InChI is InChI=1S/C14H20BrF3N2/c1-13(2,6-3-7-19)9-20-12-5-4-10(8-11(12)15)14(16,17)18/h4-5,8,20H,3,6-7,9,19H2,1-2H3. The molecule has 1 rings (SSSR count). The fourth-order valence-corrected chi connectivity index (χ4v) is 2.36. The van der Waals surface area contributed by atoms with Crippen LogP contribution in [-0.4, -0.2) is 13.1 Å². The number of alkyl halides is 3. The van der Waals surface area contributed by atoms with E-state index in [4.69, 9.17) is 5.73 Å². The zero-order valence-electron chi connectivity index (χ0n) is 11.6. The highest BCUT2D eigenvalue weighted by molar-refractivity contribution is 9.10. The van der Waals surface area contributed by atoms with Crippen molar-refractivity contribution in [2.75, 3.05) is 18.4 Å². The van der Waals surface area contributed by atoms with Crippen LogP contribution in [0.15, 0.2) is 22.7 Å². The summed E-state index contributed by atoms with van der Waals surface area (Å²) in [4.78, 5) is 0. The van der Waals surface area contributed by atoms with E-state index in [-0.39, 0.29) is 5.41 Å². The fourth-order valence-electron chi connectivity index (χ4n) is 1.84. The molecule has 3 N–H and O–H groups in total. The SMILES string of the molecule is CC(C)(CCCN)CNc1ccc(C(F)(F)F)cc1Br. The van der Waals surface area contributed by atoms with Crippen LogP contribution in [-0.2, 0) is 6.18 Å². The van der Waals surface area contributed by atoms with Crippen LogP contribution < -0.4 is 11.1 Å². The molecule has 0 radical (unpaired) electrons. The first kappa shape index (κ1) is 17.3. The van der Waals surface area contributed by atoms with Crippen molar-refractivity contribution >= 4 is 21.6 Å². The third-order valence-electron chi connectivity index (χ3n) is 3.11. The molecule has 0 unspecified atom stereocenters. The Morgan fingerprint density at radius 3 is 2.40 bits per heavy atom. The second kappa shape index (κ2) is 6.80. The van der Waals surface area contributed by atoms with Crippen molar-refractivity contribution in [1.29, 1.82) is 0 Å². The smallest absolute Gasteiger partial charge is 0.384 e. The molecule has 114 valence electrons. The summed E-state index contributed by atoms with van der Waals surface area (Å²) in [6, 6.07) is 3.63. The third kappa shape index (κ3) is 5.32. The fraction of sp³-hybridized carbons (Fsp3) is 0.571. The number of benzene rings is 1. The Kier molecular flexibility index (Phi) is 5.89. The van der Waals surface area contributed by atoms with Gasteiger partial charge in [0, 0.05) is 16.7 Å². The predicted octanol–water partition coefficient (Wildman–Crippen LogP) is 4.64. The first-order valence-corrected chi connectivity index (χ1v) is 7.26. The van der Waals surface area contributed by atoms with Crippen LogP contribution in [0, 0.1) is 5.41 Å². The van der Waals surface area contributed by atoms with Crippen LogP contribution in [0.25, 0.3) is 0 Å². The van der Waals surface area contributed by atoms with Gasteiger partial charge in [-0.25, -0.2) is 0 Å². The second-order valence-corrected chi connectivity index (χ2v) is 6.46. The summed E-state index contributed by atoms with van der Waals surface area (Å²) >= 11 is 3.18. The minimum absolute atomic E-state index is 0.0432. The molecule has 0 aromatic heterocycles. The molecule has 2 nitrogen and oxygen atoms in total. The lowest BCUT2D eigenvalue weighted by atomic mass is 9.87. The van der Waals surface area contributed by atoms with E-state index in [2.05, 4.69) is 35.1 Å². The van der Waals surface area contributed by atoms with E-state index in [9.17, 15) is 13.2 Å². The van der Waals surface area contributed by atoms with Crippen molar-refractivity contribution in [3.05, 3.63) is 28.2 Å². The van der Waals surface area contributed by atoms with Crippen molar-refractivity contribution in [2.24, 2.45) is 11.1 Å². The molecule has 0 saturated carbocycles. The molecule has 0 heterocycles. The molecule has 1 aromatic rings. The van der Waals surface area contributed by atoms with Gasteiger partial charge in [0.25, 0.3) is 0 Å². The molecule has 0 aliphatic carbocycles. The molecule has 0 atom stereocenters. The molecule has 1 aromatic carbocycles. The van der Waals surface area contributed by atoms with Gasteiger partial charge in [0.15, 0.2) is 0 Å². The number of hydrogen-bond acceptors (Lipinski definition) is 2. The summed E-state index contributed by atoms with van der Waals surface area (Å²) < 4.78 is 38.1. The van der Waals surface area contributed by atoms with Crippen molar-refractivity contribution in [3.8, 4) is 0 Å². The largest absolute Gasteiger partial charge is 0.416 e. The molecule has 0 fully saturated rings. The average Bonchev–Trinajstić information content (AvgIpc) is 2.34. The molecular formula is C14H20BrF3N2. The second-order valence-electron chi connectivity index (χ2n) is 5.60. The topological polar surface area (TPSA) is 38.0 Å². The lowest BCUT2D eigenvalue weighted by Crippen LogP contribution is -2.24. The van der Waals surface area contributed by atoms with Crippen LogP contribution in [0.3, 0.4) is 0 Å². The first-order valence-electron chi connectivity index (χ1n) is 6.46. The molecule has 20 heavy (non-hydrogen) atoms. The van der Waals surface area contributed by atoms with Gasteiger partial charge in [-0.05, 0) is 58.9 Å². The van der Waals surface area contributed by atoms with Gasteiger partial charge >= 0.3 is 6.18 Å². The minimum Gasteiger partial charge on any atom is -0.384 e. The van der Waals surface area contributed by atoms with Gasteiger partial charge in [0.1, 0.15) is 0 Å². The highest BCUT2D eigenvalue weighted by Gasteiger charge is 2.30. The summed E-state index contributed by atoms with van der Waals surface area (Å²) in [5.74, 6) is 0. The third-order valence-corrected chi connectivity index (χ3v) is 3.77. The minimum atomic E-state index is -4.32. The van der Waals surface area contributed by atoms with E-state index in [1.54, 1.807) is 0 Å². The lowest BCUT2D eigenvalue weighted by molar-refractivity contribution is -0.137. The van der Waals surface area contributed by atoms with E-state index < -0.39 is 11.7 Å². The van der Waals surface area contributed by atoms with E-state index in [1.165, 1.54) is 6.07 Å². The lowest BCUT2D eigenvalue weighted by Gasteiger charge is -2.26. The van der Waals surface area contributed by atoms with Crippen LogP contribution >= 0.6 is 15.9 Å². The summed E-state index contributed by atoms with van der Waals surface area (Å²) in [6.07, 6.45) is -2.42. The molecule has 6 heteroatoms. The normalized spacial score (nSPS) is 12.6. The van der Waals surface area contributed by atoms with Gasteiger partial charge in [-0.15, -0.1) is 0 Å². The Bertz CT molecular complexity index is 445. The maximum atomic E-state index is 12.6. The first-order chi connectivity index (χ1) is 9.15. The zero-order valence-corrected chi connectivity index (χ0v) is 13.2.